The second kappa shape index (κ2) is 6.27. The Bertz CT molecular complexity index is 699. The number of hydrogen-bond donors (Lipinski definition) is 2. The van der Waals surface area contributed by atoms with Gasteiger partial charge in [0.15, 0.2) is 5.84 Å². The number of nitro benzene ring substituents is 1. The third-order valence-corrected chi connectivity index (χ3v) is 3.88. The van der Waals surface area contributed by atoms with Crippen LogP contribution in [-0.2, 0) is 0 Å². The van der Waals surface area contributed by atoms with E-state index in [0.717, 1.165) is 10.5 Å². The highest BCUT2D eigenvalue weighted by Gasteiger charge is 2.17. The first kappa shape index (κ1) is 14.9. The maximum Gasteiger partial charge on any atom is 0.283 e. The average molecular weight is 303 g/mol. The fourth-order valence-electron chi connectivity index (χ4n) is 1.70. The summed E-state index contributed by atoms with van der Waals surface area (Å²) < 4.78 is 0. The molecule has 2 aromatic carbocycles. The maximum absolute atomic E-state index is 11.2. The van der Waals surface area contributed by atoms with Gasteiger partial charge in [-0.3, -0.25) is 10.1 Å². The molecule has 0 heterocycles. The number of nitro groups is 1. The van der Waals surface area contributed by atoms with Crippen molar-refractivity contribution < 1.29 is 10.1 Å². The average Bonchev–Trinajstić information content (AvgIpc) is 2.49. The number of aryl methyl sites for hydroxylation is 1. The van der Waals surface area contributed by atoms with Crippen molar-refractivity contribution in [3.8, 4) is 0 Å². The molecule has 6 nitrogen and oxygen atoms in total. The van der Waals surface area contributed by atoms with Crippen LogP contribution in [0.15, 0.2) is 57.4 Å². The fourth-order valence-corrected chi connectivity index (χ4v) is 2.60. The first-order chi connectivity index (χ1) is 10.0. The molecule has 7 heteroatoms. The number of nitrogens with zero attached hydrogens (tertiary/aromatic N) is 2. The molecule has 0 unspecified atom stereocenters. The lowest BCUT2D eigenvalue weighted by molar-refractivity contribution is -0.387. The van der Waals surface area contributed by atoms with E-state index in [0.29, 0.717) is 10.5 Å². The zero-order chi connectivity index (χ0) is 15.4. The lowest BCUT2D eigenvalue weighted by Gasteiger charge is -2.05. The molecule has 0 fully saturated rings. The van der Waals surface area contributed by atoms with Crippen LogP contribution >= 0.6 is 11.8 Å². The highest BCUT2D eigenvalue weighted by molar-refractivity contribution is 7.99. The van der Waals surface area contributed by atoms with Crippen molar-refractivity contribution in [1.29, 1.82) is 0 Å². The first-order valence-electron chi connectivity index (χ1n) is 6.02. The van der Waals surface area contributed by atoms with Crippen LogP contribution in [0.3, 0.4) is 0 Å². The molecule has 0 amide bonds. The normalized spacial score (nSPS) is 11.4. The van der Waals surface area contributed by atoms with E-state index >= 15 is 0 Å². The smallest absolute Gasteiger partial charge is 0.283 e. The van der Waals surface area contributed by atoms with E-state index < -0.39 is 4.92 Å². The Hall–Kier alpha value is -2.54. The second-order valence-corrected chi connectivity index (χ2v) is 5.46. The number of benzene rings is 2. The van der Waals surface area contributed by atoms with Crippen LogP contribution < -0.4 is 5.73 Å². The van der Waals surface area contributed by atoms with Gasteiger partial charge in [0.25, 0.3) is 5.69 Å². The van der Waals surface area contributed by atoms with E-state index in [9.17, 15) is 10.1 Å². The Morgan fingerprint density at radius 2 is 1.95 bits per heavy atom. The lowest BCUT2D eigenvalue weighted by atomic mass is 10.2. The topological polar surface area (TPSA) is 102 Å². The van der Waals surface area contributed by atoms with Crippen LogP contribution in [0.2, 0.25) is 0 Å². The molecule has 0 bridgehead atoms. The molecule has 21 heavy (non-hydrogen) atoms. The number of oxime groups is 1. The highest BCUT2D eigenvalue weighted by atomic mass is 32.2. The summed E-state index contributed by atoms with van der Waals surface area (Å²) in [6.07, 6.45) is 0. The van der Waals surface area contributed by atoms with Gasteiger partial charge in [-0.1, -0.05) is 34.6 Å². The summed E-state index contributed by atoms with van der Waals surface area (Å²) in [6, 6.07) is 12.2. The number of rotatable bonds is 4. The van der Waals surface area contributed by atoms with E-state index in [-0.39, 0.29) is 11.5 Å². The zero-order valence-electron chi connectivity index (χ0n) is 11.2. The van der Waals surface area contributed by atoms with Gasteiger partial charge in [-0.25, -0.2) is 0 Å². The summed E-state index contributed by atoms with van der Waals surface area (Å²) in [5, 5.41) is 22.7. The quantitative estimate of drug-likeness (QED) is 0.297. The molecule has 0 aliphatic heterocycles. The van der Waals surface area contributed by atoms with E-state index in [1.54, 1.807) is 12.1 Å². The summed E-state index contributed by atoms with van der Waals surface area (Å²) in [7, 11) is 0. The summed E-state index contributed by atoms with van der Waals surface area (Å²) in [6.45, 7) is 1.97. The van der Waals surface area contributed by atoms with Gasteiger partial charge in [0.2, 0.25) is 0 Å². The van der Waals surface area contributed by atoms with Gasteiger partial charge in [-0.15, -0.1) is 0 Å². The van der Waals surface area contributed by atoms with Crippen LogP contribution in [0.25, 0.3) is 0 Å². The lowest BCUT2D eigenvalue weighted by Crippen LogP contribution is -2.13. The van der Waals surface area contributed by atoms with E-state index in [1.165, 1.54) is 17.8 Å². The summed E-state index contributed by atoms with van der Waals surface area (Å²) >= 11 is 1.29. The molecule has 0 aliphatic rings. The standard InChI is InChI=1S/C14H13N3O3S/c1-9-2-5-11(6-3-9)21-13-7-4-10(14(15)16-18)8-12(13)17(19)20/h2-8,18H,1H3,(H2,15,16). The van der Waals surface area contributed by atoms with Gasteiger partial charge in [-0.05, 0) is 31.2 Å². The molecule has 2 rings (SSSR count). The summed E-state index contributed by atoms with van der Waals surface area (Å²) in [5.74, 6) is -0.162. The molecule has 108 valence electrons. The Labute approximate surface area is 125 Å². The van der Waals surface area contributed by atoms with Gasteiger partial charge in [0, 0.05) is 16.5 Å². The number of nitrogens with two attached hydrogens (primary N) is 1. The Morgan fingerprint density at radius 3 is 2.52 bits per heavy atom. The minimum absolute atomic E-state index is 0.0790. The number of amidine groups is 1. The fraction of sp³-hybridized carbons (Fsp3) is 0.0714. The molecule has 0 atom stereocenters. The first-order valence-corrected chi connectivity index (χ1v) is 6.84. The van der Waals surface area contributed by atoms with Crippen LogP contribution in [0.1, 0.15) is 11.1 Å². The van der Waals surface area contributed by atoms with Crippen molar-refractivity contribution in [2.24, 2.45) is 10.9 Å². The molecule has 0 aromatic heterocycles. The molecule has 0 saturated carbocycles. The Kier molecular flexibility index (Phi) is 4.44. The van der Waals surface area contributed by atoms with Gasteiger partial charge >= 0.3 is 0 Å². The van der Waals surface area contributed by atoms with Crippen LogP contribution in [0.4, 0.5) is 5.69 Å². The molecular formula is C14H13N3O3S. The summed E-state index contributed by atoms with van der Waals surface area (Å²) in [4.78, 5) is 12.1. The van der Waals surface area contributed by atoms with Crippen molar-refractivity contribution in [2.75, 3.05) is 0 Å². The van der Waals surface area contributed by atoms with Crippen molar-refractivity contribution >= 4 is 23.3 Å². The van der Waals surface area contributed by atoms with Crippen LogP contribution in [-0.4, -0.2) is 16.0 Å². The zero-order valence-corrected chi connectivity index (χ0v) is 12.0. The molecular weight excluding hydrogens is 290 g/mol. The highest BCUT2D eigenvalue weighted by Crippen LogP contribution is 2.35. The Morgan fingerprint density at radius 1 is 1.29 bits per heavy atom. The van der Waals surface area contributed by atoms with Gasteiger partial charge < -0.3 is 10.9 Å². The van der Waals surface area contributed by atoms with Crippen molar-refractivity contribution in [1.82, 2.24) is 0 Å². The predicted molar refractivity (Wildman–Crippen MR) is 80.9 cm³/mol. The predicted octanol–water partition coefficient (Wildman–Crippen LogP) is 3.15. The molecule has 2 aromatic rings. The van der Waals surface area contributed by atoms with E-state index in [4.69, 9.17) is 10.9 Å². The molecule has 3 N–H and O–H groups in total. The van der Waals surface area contributed by atoms with Gasteiger partial charge in [0.05, 0.1) is 9.82 Å². The monoisotopic (exact) mass is 303 g/mol. The van der Waals surface area contributed by atoms with Gasteiger partial charge in [-0.2, -0.15) is 0 Å². The van der Waals surface area contributed by atoms with E-state index in [1.807, 2.05) is 31.2 Å². The Balaban J connectivity index is 2.39. The largest absolute Gasteiger partial charge is 0.409 e. The number of hydrogen-bond acceptors (Lipinski definition) is 5. The SMILES string of the molecule is Cc1ccc(Sc2ccc(C(N)=NO)cc2[N+](=O)[O-])cc1. The second-order valence-electron chi connectivity index (χ2n) is 4.34. The van der Waals surface area contributed by atoms with Crippen molar-refractivity contribution in [3.63, 3.8) is 0 Å². The minimum atomic E-state index is -0.481. The minimum Gasteiger partial charge on any atom is -0.409 e. The summed E-state index contributed by atoms with van der Waals surface area (Å²) in [5.41, 5.74) is 6.80. The van der Waals surface area contributed by atoms with Crippen molar-refractivity contribution in [2.45, 2.75) is 16.7 Å². The molecule has 0 aliphatic carbocycles. The third-order valence-electron chi connectivity index (χ3n) is 2.81. The van der Waals surface area contributed by atoms with Crippen LogP contribution in [0, 0.1) is 17.0 Å². The van der Waals surface area contributed by atoms with Crippen molar-refractivity contribution in [3.05, 3.63) is 63.7 Å². The van der Waals surface area contributed by atoms with Gasteiger partial charge in [0.1, 0.15) is 0 Å². The molecule has 0 radical (unpaired) electrons. The van der Waals surface area contributed by atoms with Crippen LogP contribution in [0.5, 0.6) is 0 Å². The molecule has 0 saturated heterocycles. The molecule has 0 spiro atoms. The third kappa shape index (κ3) is 3.51. The van der Waals surface area contributed by atoms with E-state index in [2.05, 4.69) is 5.16 Å². The maximum atomic E-state index is 11.2.